The molecular weight excluding hydrogens is 372 g/mol. The maximum Gasteiger partial charge on any atom is 0.280 e. The third kappa shape index (κ3) is 3.70. The molecule has 24 heavy (non-hydrogen) atoms. The lowest BCUT2D eigenvalue weighted by atomic mass is 10.2. The Morgan fingerprint density at radius 1 is 1.12 bits per heavy atom. The quantitative estimate of drug-likeness (QED) is 0.614. The van der Waals surface area contributed by atoms with Crippen LogP contribution in [0.1, 0.15) is 27.4 Å². The zero-order chi connectivity index (χ0) is 18.0. The molecule has 4 N–H and O–H groups in total. The number of aryl methyl sites for hydroxylation is 3. The molecule has 7 nitrogen and oxygen atoms in total. The van der Waals surface area contributed by atoms with Crippen LogP contribution in [-0.2, 0) is 0 Å². The largest absolute Gasteiger partial charge is 0.370 e. The Labute approximate surface area is 148 Å². The lowest BCUT2D eigenvalue weighted by molar-refractivity contribution is 0.100. The van der Waals surface area contributed by atoms with Crippen LogP contribution in [0, 0.1) is 20.8 Å². The second-order valence-corrected chi connectivity index (χ2v) is 6.22. The zero-order valence-corrected chi connectivity index (χ0v) is 15.5. The van der Waals surface area contributed by atoms with Crippen LogP contribution in [0.5, 0.6) is 0 Å². The first kappa shape index (κ1) is 17.9. The maximum absolute atomic E-state index is 11.9. The van der Waals surface area contributed by atoms with E-state index in [1.165, 1.54) is 0 Å². The van der Waals surface area contributed by atoms with Gasteiger partial charge in [-0.1, -0.05) is 0 Å². The van der Waals surface area contributed by atoms with Crippen molar-refractivity contribution in [1.82, 2.24) is 9.97 Å². The highest BCUT2D eigenvalue weighted by Crippen LogP contribution is 2.32. The van der Waals surface area contributed by atoms with Crippen LogP contribution in [0.4, 0.5) is 11.5 Å². The zero-order valence-electron chi connectivity index (χ0n) is 14.0. The molecule has 1 heterocycles. The van der Waals surface area contributed by atoms with E-state index in [1.54, 1.807) is 18.2 Å². The monoisotopic (exact) mass is 390 g/mol. The summed E-state index contributed by atoms with van der Waals surface area (Å²) in [6, 6.07) is 5.13. The summed E-state index contributed by atoms with van der Waals surface area (Å²) < 4.78 is 0.723. The van der Waals surface area contributed by atoms with Crippen LogP contribution < -0.4 is 16.4 Å². The highest BCUT2D eigenvalue weighted by molar-refractivity contribution is 9.10. The van der Waals surface area contributed by atoms with E-state index in [9.17, 15) is 4.79 Å². The molecule has 2 rings (SSSR count). The summed E-state index contributed by atoms with van der Waals surface area (Å²) in [5.41, 5.74) is 14.3. The summed E-state index contributed by atoms with van der Waals surface area (Å²) in [4.78, 5) is 26.5. The van der Waals surface area contributed by atoms with Gasteiger partial charge in [-0.25, -0.2) is 4.98 Å². The molecule has 0 aliphatic rings. The van der Waals surface area contributed by atoms with Gasteiger partial charge >= 0.3 is 0 Å². The van der Waals surface area contributed by atoms with Crippen molar-refractivity contribution in [1.29, 1.82) is 0 Å². The van der Waals surface area contributed by atoms with Crippen LogP contribution in [0.15, 0.2) is 27.7 Å². The molecule has 0 unspecified atom stereocenters. The fraction of sp³-hybridized carbons (Fsp3) is 0.250. The molecule has 0 fully saturated rings. The number of amides is 1. The molecule has 0 atom stereocenters. The molecule has 0 saturated heterocycles. The molecule has 0 bridgehead atoms. The number of aliphatic imine (C=N–C) groups is 1. The minimum absolute atomic E-state index is 0.265. The molecule has 1 aromatic heterocycles. The van der Waals surface area contributed by atoms with Crippen LogP contribution in [0.25, 0.3) is 0 Å². The summed E-state index contributed by atoms with van der Waals surface area (Å²) in [5.74, 6) is -0.00694. The van der Waals surface area contributed by atoms with Gasteiger partial charge in [0.15, 0.2) is 11.8 Å². The second-order valence-electron chi connectivity index (χ2n) is 5.37. The van der Waals surface area contributed by atoms with Crippen molar-refractivity contribution in [2.45, 2.75) is 20.8 Å². The van der Waals surface area contributed by atoms with Gasteiger partial charge in [-0.2, -0.15) is 4.99 Å². The number of hydrogen-bond donors (Lipinski definition) is 2. The minimum atomic E-state index is -0.493. The first-order chi connectivity index (χ1) is 11.2. The predicted molar refractivity (Wildman–Crippen MR) is 98.6 cm³/mol. The molecular formula is C16H19BrN6O. The molecule has 8 heteroatoms. The molecule has 0 radical (unpaired) electrons. The van der Waals surface area contributed by atoms with Crippen LogP contribution >= 0.6 is 15.9 Å². The lowest BCUT2D eigenvalue weighted by Crippen LogP contribution is -2.24. The number of hydrogen-bond acceptors (Lipinski definition) is 4. The number of aromatic nitrogens is 2. The van der Waals surface area contributed by atoms with E-state index < -0.39 is 5.91 Å². The van der Waals surface area contributed by atoms with Gasteiger partial charge in [-0.15, -0.1) is 0 Å². The molecule has 2 aromatic rings. The Morgan fingerprint density at radius 3 is 2.33 bits per heavy atom. The fourth-order valence-corrected chi connectivity index (χ4v) is 2.87. The number of guanidine groups is 1. The van der Waals surface area contributed by atoms with E-state index in [4.69, 9.17) is 11.5 Å². The first-order valence-electron chi connectivity index (χ1n) is 7.19. The molecule has 1 amide bonds. The topological polar surface area (TPSA) is 110 Å². The molecule has 0 saturated carbocycles. The van der Waals surface area contributed by atoms with Crippen LogP contribution in [-0.4, -0.2) is 28.9 Å². The van der Waals surface area contributed by atoms with E-state index in [2.05, 4.69) is 30.9 Å². The maximum atomic E-state index is 11.9. The number of nitrogens with two attached hydrogens (primary N) is 2. The Morgan fingerprint density at radius 2 is 1.75 bits per heavy atom. The van der Waals surface area contributed by atoms with Crippen molar-refractivity contribution in [3.05, 3.63) is 45.3 Å². The SMILES string of the molecule is Cc1nc(C)c(N(C)c2ccc(C(=O)N=C(N)N)cc2Br)nc1C. The number of rotatable bonds is 3. The third-order valence-corrected chi connectivity index (χ3v) is 4.20. The molecule has 126 valence electrons. The number of anilines is 2. The van der Waals surface area contributed by atoms with E-state index >= 15 is 0 Å². The minimum Gasteiger partial charge on any atom is -0.370 e. The highest BCUT2D eigenvalue weighted by Gasteiger charge is 2.16. The summed E-state index contributed by atoms with van der Waals surface area (Å²) in [6.45, 7) is 5.76. The second kappa shape index (κ2) is 6.96. The fourth-order valence-electron chi connectivity index (χ4n) is 2.23. The molecule has 0 aliphatic heterocycles. The van der Waals surface area contributed by atoms with Gasteiger partial charge in [0.2, 0.25) is 0 Å². The number of carbonyl (C=O) groups is 1. The normalized spacial score (nSPS) is 10.4. The van der Waals surface area contributed by atoms with Crippen molar-refractivity contribution < 1.29 is 4.79 Å². The van der Waals surface area contributed by atoms with E-state index in [0.29, 0.717) is 5.56 Å². The van der Waals surface area contributed by atoms with E-state index in [0.717, 1.165) is 33.1 Å². The Balaban J connectivity index is 2.41. The summed E-state index contributed by atoms with van der Waals surface area (Å²) in [7, 11) is 1.89. The smallest absolute Gasteiger partial charge is 0.280 e. The van der Waals surface area contributed by atoms with Crippen molar-refractivity contribution >= 4 is 39.3 Å². The van der Waals surface area contributed by atoms with Crippen molar-refractivity contribution in [2.24, 2.45) is 16.5 Å². The molecule has 1 aromatic carbocycles. The Kier molecular flexibility index (Phi) is 5.18. The predicted octanol–water partition coefficient (Wildman–Crippen LogP) is 2.35. The van der Waals surface area contributed by atoms with E-state index in [-0.39, 0.29) is 5.96 Å². The van der Waals surface area contributed by atoms with Gasteiger partial charge in [0.1, 0.15) is 0 Å². The standard InChI is InChI=1S/C16H19BrN6O/c1-8-9(2)21-14(10(3)20-8)23(4)13-6-5-11(7-12(13)17)15(24)22-16(18)19/h5-7H,1-4H3,(H4,18,19,22,24). The third-order valence-electron chi connectivity index (χ3n) is 3.56. The summed E-state index contributed by atoms with van der Waals surface area (Å²) in [5, 5.41) is 0. The average Bonchev–Trinajstić information content (AvgIpc) is 2.49. The number of carbonyl (C=O) groups excluding carboxylic acids is 1. The van der Waals surface area contributed by atoms with Gasteiger partial charge in [0.25, 0.3) is 5.91 Å². The first-order valence-corrected chi connectivity index (χ1v) is 7.99. The lowest BCUT2D eigenvalue weighted by Gasteiger charge is -2.22. The van der Waals surface area contributed by atoms with Gasteiger partial charge < -0.3 is 16.4 Å². The molecule has 0 spiro atoms. The van der Waals surface area contributed by atoms with Crippen LogP contribution in [0.3, 0.4) is 0 Å². The summed E-state index contributed by atoms with van der Waals surface area (Å²) >= 11 is 3.48. The number of benzene rings is 1. The molecule has 0 aliphatic carbocycles. The van der Waals surface area contributed by atoms with Gasteiger partial charge in [0, 0.05) is 17.1 Å². The summed E-state index contributed by atoms with van der Waals surface area (Å²) in [6.07, 6.45) is 0. The number of halogens is 1. The number of nitrogens with zero attached hydrogens (tertiary/aromatic N) is 4. The van der Waals surface area contributed by atoms with Crippen molar-refractivity contribution in [2.75, 3.05) is 11.9 Å². The van der Waals surface area contributed by atoms with Crippen molar-refractivity contribution in [3.8, 4) is 0 Å². The average molecular weight is 391 g/mol. The van der Waals surface area contributed by atoms with Gasteiger partial charge in [0.05, 0.1) is 22.8 Å². The van der Waals surface area contributed by atoms with Crippen molar-refractivity contribution in [3.63, 3.8) is 0 Å². The van der Waals surface area contributed by atoms with Crippen LogP contribution in [0.2, 0.25) is 0 Å². The van der Waals surface area contributed by atoms with Gasteiger partial charge in [-0.3, -0.25) is 9.78 Å². The highest BCUT2D eigenvalue weighted by atomic mass is 79.9. The Bertz CT molecular complexity index is 830. The Hall–Kier alpha value is -2.48. The van der Waals surface area contributed by atoms with Gasteiger partial charge in [-0.05, 0) is 54.9 Å². The van der Waals surface area contributed by atoms with E-state index in [1.807, 2.05) is 32.7 Å².